The summed E-state index contributed by atoms with van der Waals surface area (Å²) in [6.07, 6.45) is 5.99. The van der Waals surface area contributed by atoms with Crippen LogP contribution in [0.1, 0.15) is 82.1 Å². The first kappa shape index (κ1) is 30.1. The average molecular weight is 540 g/mol. The van der Waals surface area contributed by atoms with E-state index in [0.717, 1.165) is 66.8 Å². The van der Waals surface area contributed by atoms with E-state index in [1.807, 2.05) is 18.2 Å². The fraction of sp³-hybridized carbons (Fsp3) is 0.438. The number of nitrogens with zero attached hydrogens (tertiary/aromatic N) is 1. The first-order valence-corrected chi connectivity index (χ1v) is 13.4. The molecular formula is C32H39F2NO4. The van der Waals surface area contributed by atoms with E-state index in [2.05, 4.69) is 38.7 Å². The van der Waals surface area contributed by atoms with Crippen LogP contribution in [0.2, 0.25) is 0 Å². The van der Waals surface area contributed by atoms with Crippen molar-refractivity contribution in [2.75, 3.05) is 7.11 Å². The molecule has 0 radical (unpaired) electrons. The summed E-state index contributed by atoms with van der Waals surface area (Å²) in [7, 11) is 1.52. The van der Waals surface area contributed by atoms with Crippen LogP contribution >= 0.6 is 0 Å². The van der Waals surface area contributed by atoms with Crippen LogP contribution in [0.15, 0.2) is 42.6 Å². The topological polar surface area (TPSA) is 68.7 Å². The summed E-state index contributed by atoms with van der Waals surface area (Å²) in [5.41, 5.74) is 5.15. The van der Waals surface area contributed by atoms with Gasteiger partial charge in [-0.25, -0.2) is 13.8 Å². The van der Waals surface area contributed by atoms with E-state index < -0.39 is 11.8 Å². The van der Waals surface area contributed by atoms with E-state index in [-0.39, 0.29) is 23.8 Å². The number of benzene rings is 2. The number of hydrogen-bond donors (Lipinski definition) is 1. The van der Waals surface area contributed by atoms with E-state index in [1.54, 1.807) is 12.1 Å². The molecule has 7 heteroatoms. The molecule has 2 aromatic carbocycles. The third-order valence-electron chi connectivity index (χ3n) is 7.06. The van der Waals surface area contributed by atoms with Gasteiger partial charge in [0.15, 0.2) is 11.6 Å². The second-order valence-corrected chi connectivity index (χ2v) is 11.0. The first-order chi connectivity index (χ1) is 18.5. The lowest BCUT2D eigenvalue weighted by Gasteiger charge is -2.26. The molecular weight excluding hydrogens is 500 g/mol. The maximum atomic E-state index is 15.1. The highest BCUT2D eigenvalue weighted by atomic mass is 19.1. The lowest BCUT2D eigenvalue weighted by atomic mass is 9.79. The van der Waals surface area contributed by atoms with Crippen LogP contribution in [-0.4, -0.2) is 23.2 Å². The van der Waals surface area contributed by atoms with Gasteiger partial charge in [0, 0.05) is 18.6 Å². The zero-order chi connectivity index (χ0) is 28.7. The first-order valence-electron chi connectivity index (χ1n) is 13.4. The third kappa shape index (κ3) is 7.78. The molecule has 1 N–H and O–H groups in total. The molecule has 1 aromatic heterocycles. The van der Waals surface area contributed by atoms with Crippen LogP contribution in [0, 0.1) is 17.0 Å². The van der Waals surface area contributed by atoms with Crippen LogP contribution in [0.3, 0.4) is 0 Å². The zero-order valence-corrected chi connectivity index (χ0v) is 23.7. The second-order valence-electron chi connectivity index (χ2n) is 11.0. The van der Waals surface area contributed by atoms with Crippen LogP contribution < -0.4 is 9.47 Å². The number of ether oxygens (including phenoxy) is 2. The van der Waals surface area contributed by atoms with Crippen molar-refractivity contribution in [1.82, 2.24) is 4.98 Å². The number of pyridine rings is 1. The zero-order valence-electron chi connectivity index (χ0n) is 23.7. The summed E-state index contributed by atoms with van der Waals surface area (Å²) >= 11 is 0. The molecule has 0 saturated heterocycles. The molecule has 0 fully saturated rings. The van der Waals surface area contributed by atoms with E-state index in [0.29, 0.717) is 17.2 Å². The van der Waals surface area contributed by atoms with Gasteiger partial charge >= 0.3 is 0 Å². The Morgan fingerprint density at radius 3 is 2.54 bits per heavy atom. The van der Waals surface area contributed by atoms with Crippen molar-refractivity contribution in [3.63, 3.8) is 0 Å². The lowest BCUT2D eigenvalue weighted by molar-refractivity contribution is -0.134. The van der Waals surface area contributed by atoms with Crippen molar-refractivity contribution in [2.24, 2.45) is 5.41 Å². The molecule has 0 aliphatic heterocycles. The summed E-state index contributed by atoms with van der Waals surface area (Å²) in [4.78, 5) is 13.0. The van der Waals surface area contributed by atoms with Gasteiger partial charge in [0.1, 0.15) is 12.4 Å². The van der Waals surface area contributed by atoms with Crippen molar-refractivity contribution >= 4 is 5.97 Å². The molecule has 1 atom stereocenters. The molecule has 1 heterocycles. The molecule has 1 aliphatic rings. The monoisotopic (exact) mass is 539 g/mol. The molecule has 4 rings (SSSR count). The fourth-order valence-electron chi connectivity index (χ4n) is 5.32. The van der Waals surface area contributed by atoms with Gasteiger partial charge in [-0.3, -0.25) is 4.79 Å². The summed E-state index contributed by atoms with van der Waals surface area (Å²) in [6.45, 7) is 10.0. The molecule has 0 spiro atoms. The standard InChI is InChI=1S/C30H35F2NO2.C2H4O2/c1-6-13-30(3,4)16-22-14-20(8-11-23(22)24-15-27(34-5)33-17-25(24)31)18-35-26-12-10-21-9-7-19(2)28(21)29(26)32;1-2(3)4/h8,10-12,14-15,17,19H,6-7,9,13,16,18H2,1-5H3;1H3,(H,3,4). The van der Waals surface area contributed by atoms with Crippen LogP contribution in [0.25, 0.3) is 11.1 Å². The van der Waals surface area contributed by atoms with Gasteiger partial charge in [0.25, 0.3) is 5.97 Å². The Balaban J connectivity index is 0.000000983. The maximum absolute atomic E-state index is 15.1. The van der Waals surface area contributed by atoms with Gasteiger partial charge in [-0.05, 0) is 70.9 Å². The number of aromatic nitrogens is 1. The molecule has 210 valence electrons. The minimum Gasteiger partial charge on any atom is -0.486 e. The molecule has 5 nitrogen and oxygen atoms in total. The fourth-order valence-corrected chi connectivity index (χ4v) is 5.32. The predicted molar refractivity (Wildman–Crippen MR) is 149 cm³/mol. The van der Waals surface area contributed by atoms with Gasteiger partial charge in [-0.15, -0.1) is 0 Å². The van der Waals surface area contributed by atoms with Gasteiger partial charge < -0.3 is 14.6 Å². The Hall–Kier alpha value is -3.48. The summed E-state index contributed by atoms with van der Waals surface area (Å²) < 4.78 is 41.1. The van der Waals surface area contributed by atoms with E-state index in [9.17, 15) is 4.39 Å². The van der Waals surface area contributed by atoms with Gasteiger partial charge in [0.05, 0.1) is 13.3 Å². The van der Waals surface area contributed by atoms with Crippen molar-refractivity contribution in [1.29, 1.82) is 0 Å². The Labute approximate surface area is 230 Å². The highest BCUT2D eigenvalue weighted by Crippen LogP contribution is 2.39. The Kier molecular flexibility index (Phi) is 10.1. The minimum absolute atomic E-state index is 0.0405. The van der Waals surface area contributed by atoms with Crippen molar-refractivity contribution in [3.05, 3.63) is 76.5 Å². The number of rotatable bonds is 9. The SMILES string of the molecule is CC(=O)O.CCCC(C)(C)Cc1cc(COc2ccc3c(c2F)C(C)CC3)ccc1-c1cc(OC)ncc1F. The lowest BCUT2D eigenvalue weighted by Crippen LogP contribution is -2.15. The van der Waals surface area contributed by atoms with Gasteiger partial charge in [-0.2, -0.15) is 0 Å². The Morgan fingerprint density at radius 2 is 1.87 bits per heavy atom. The average Bonchev–Trinajstić information content (AvgIpc) is 3.25. The molecule has 39 heavy (non-hydrogen) atoms. The molecule has 3 aromatic rings. The molecule has 0 bridgehead atoms. The molecule has 0 saturated carbocycles. The van der Waals surface area contributed by atoms with Crippen LogP contribution in [-0.2, 0) is 24.2 Å². The number of aryl methyl sites for hydroxylation is 1. The van der Waals surface area contributed by atoms with Crippen molar-refractivity contribution < 1.29 is 28.2 Å². The summed E-state index contributed by atoms with van der Waals surface area (Å²) in [6, 6.07) is 11.3. The van der Waals surface area contributed by atoms with E-state index in [1.165, 1.54) is 13.3 Å². The smallest absolute Gasteiger partial charge is 0.300 e. The Bertz CT molecular complexity index is 1300. The molecule has 0 amide bonds. The number of carboxylic acids is 1. The number of halogens is 2. The number of carbonyl (C=O) groups is 1. The normalized spacial score (nSPS) is 14.3. The van der Waals surface area contributed by atoms with Gasteiger partial charge in [-0.1, -0.05) is 58.4 Å². The predicted octanol–water partition coefficient (Wildman–Crippen LogP) is 8.12. The number of hydrogen-bond acceptors (Lipinski definition) is 4. The maximum Gasteiger partial charge on any atom is 0.300 e. The minimum atomic E-state index is -0.833. The summed E-state index contributed by atoms with van der Waals surface area (Å²) in [5.74, 6) is -0.584. The Morgan fingerprint density at radius 1 is 1.15 bits per heavy atom. The van der Waals surface area contributed by atoms with Gasteiger partial charge in [0.2, 0.25) is 5.88 Å². The van der Waals surface area contributed by atoms with Crippen LogP contribution in [0.4, 0.5) is 8.78 Å². The largest absolute Gasteiger partial charge is 0.486 e. The second kappa shape index (κ2) is 13.0. The number of carboxylic acid groups (broad SMARTS) is 1. The summed E-state index contributed by atoms with van der Waals surface area (Å²) in [5, 5.41) is 7.42. The molecule has 1 aliphatic carbocycles. The van der Waals surface area contributed by atoms with E-state index >= 15 is 4.39 Å². The van der Waals surface area contributed by atoms with Crippen molar-refractivity contribution in [2.45, 2.75) is 79.2 Å². The third-order valence-corrected chi connectivity index (χ3v) is 7.06. The van der Waals surface area contributed by atoms with Crippen LogP contribution in [0.5, 0.6) is 11.6 Å². The molecule has 1 unspecified atom stereocenters. The quantitative estimate of drug-likeness (QED) is 0.297. The number of fused-ring (bicyclic) bond motifs is 1. The highest BCUT2D eigenvalue weighted by molar-refractivity contribution is 5.69. The number of aliphatic carboxylic acids is 1. The van der Waals surface area contributed by atoms with E-state index in [4.69, 9.17) is 19.4 Å². The number of methoxy groups -OCH3 is 1. The van der Waals surface area contributed by atoms with Crippen molar-refractivity contribution in [3.8, 4) is 22.8 Å². The highest BCUT2D eigenvalue weighted by Gasteiger charge is 2.25.